The van der Waals surface area contributed by atoms with E-state index in [0.29, 0.717) is 12.3 Å². The molecular formula is C16H13N3O2S. The number of thiazole rings is 1. The van der Waals surface area contributed by atoms with E-state index >= 15 is 0 Å². The Balaban J connectivity index is 1.56. The van der Waals surface area contributed by atoms with Crippen LogP contribution in [0.25, 0.3) is 11.3 Å². The first kappa shape index (κ1) is 14.2. The van der Waals surface area contributed by atoms with Crippen molar-refractivity contribution >= 4 is 17.4 Å². The third-order valence-electron chi connectivity index (χ3n) is 2.87. The van der Waals surface area contributed by atoms with Crippen LogP contribution in [0.3, 0.4) is 0 Å². The molecule has 22 heavy (non-hydrogen) atoms. The van der Waals surface area contributed by atoms with Gasteiger partial charge in [-0.05, 0) is 24.3 Å². The summed E-state index contributed by atoms with van der Waals surface area (Å²) in [5.74, 6) is 0.511. The van der Waals surface area contributed by atoms with Gasteiger partial charge in [0.2, 0.25) is 0 Å². The first-order chi connectivity index (χ1) is 10.8. The number of aromatic nitrogens is 2. The number of rotatable bonds is 4. The van der Waals surface area contributed by atoms with Crippen molar-refractivity contribution in [3.8, 4) is 17.0 Å². The molecule has 0 aliphatic heterocycles. The Kier molecular flexibility index (Phi) is 4.41. The third kappa shape index (κ3) is 3.67. The van der Waals surface area contributed by atoms with Gasteiger partial charge >= 0.3 is 6.09 Å². The van der Waals surface area contributed by atoms with Crippen LogP contribution < -0.4 is 10.1 Å². The van der Waals surface area contributed by atoms with Gasteiger partial charge in [-0.25, -0.2) is 9.78 Å². The van der Waals surface area contributed by atoms with Crippen LogP contribution >= 0.6 is 11.3 Å². The zero-order chi connectivity index (χ0) is 15.2. The molecule has 0 fully saturated rings. The van der Waals surface area contributed by atoms with Crippen molar-refractivity contribution in [3.05, 3.63) is 65.2 Å². The first-order valence-electron chi connectivity index (χ1n) is 6.67. The van der Waals surface area contributed by atoms with Crippen LogP contribution in [0.1, 0.15) is 5.01 Å². The van der Waals surface area contributed by atoms with E-state index in [1.54, 1.807) is 24.5 Å². The lowest BCUT2D eigenvalue weighted by atomic mass is 10.2. The number of hydrogen-bond acceptors (Lipinski definition) is 5. The monoisotopic (exact) mass is 311 g/mol. The molecule has 0 saturated carbocycles. The van der Waals surface area contributed by atoms with E-state index in [1.807, 2.05) is 35.7 Å². The second-order valence-electron chi connectivity index (χ2n) is 4.42. The molecule has 0 spiro atoms. The fraction of sp³-hybridized carbons (Fsp3) is 0.0625. The van der Waals surface area contributed by atoms with Crippen LogP contribution in [0.4, 0.5) is 4.79 Å². The van der Waals surface area contributed by atoms with Gasteiger partial charge < -0.3 is 10.1 Å². The lowest BCUT2D eigenvalue weighted by Gasteiger charge is -2.04. The lowest BCUT2D eigenvalue weighted by molar-refractivity contribution is 0.200. The molecule has 6 heteroatoms. The average Bonchev–Trinajstić information content (AvgIpc) is 3.04. The Labute approximate surface area is 131 Å². The van der Waals surface area contributed by atoms with Gasteiger partial charge in [-0.15, -0.1) is 11.3 Å². The number of benzene rings is 1. The van der Waals surface area contributed by atoms with Gasteiger partial charge in [0.15, 0.2) is 0 Å². The lowest BCUT2D eigenvalue weighted by Crippen LogP contribution is -2.26. The molecular weight excluding hydrogens is 298 g/mol. The highest BCUT2D eigenvalue weighted by atomic mass is 32.1. The summed E-state index contributed by atoms with van der Waals surface area (Å²) < 4.78 is 5.15. The Bertz CT molecular complexity index is 744. The summed E-state index contributed by atoms with van der Waals surface area (Å²) >= 11 is 1.49. The molecule has 0 unspecified atom stereocenters. The molecule has 5 nitrogen and oxygen atoms in total. The molecule has 1 N–H and O–H groups in total. The smallest absolute Gasteiger partial charge is 0.410 e. The second kappa shape index (κ2) is 6.82. The van der Waals surface area contributed by atoms with Gasteiger partial charge in [0.1, 0.15) is 10.8 Å². The fourth-order valence-electron chi connectivity index (χ4n) is 1.83. The quantitative estimate of drug-likeness (QED) is 0.801. The van der Waals surface area contributed by atoms with E-state index in [0.717, 1.165) is 16.3 Å². The van der Waals surface area contributed by atoms with Gasteiger partial charge in [-0.2, -0.15) is 0 Å². The number of nitrogens with zero attached hydrogens (tertiary/aromatic N) is 2. The van der Waals surface area contributed by atoms with Gasteiger partial charge in [0, 0.05) is 23.3 Å². The summed E-state index contributed by atoms with van der Waals surface area (Å²) in [6.45, 7) is 0.335. The number of carbonyl (C=O) groups excluding carboxylic acids is 1. The topological polar surface area (TPSA) is 64.1 Å². The van der Waals surface area contributed by atoms with E-state index in [1.165, 1.54) is 11.3 Å². The van der Waals surface area contributed by atoms with Crippen LogP contribution in [-0.2, 0) is 6.54 Å². The van der Waals surface area contributed by atoms with Crippen molar-refractivity contribution in [2.24, 2.45) is 0 Å². The molecule has 0 saturated heterocycles. The van der Waals surface area contributed by atoms with Crippen molar-refractivity contribution in [1.29, 1.82) is 0 Å². The van der Waals surface area contributed by atoms with E-state index in [4.69, 9.17) is 4.74 Å². The minimum Gasteiger partial charge on any atom is -0.410 e. The summed E-state index contributed by atoms with van der Waals surface area (Å²) in [6, 6.07) is 12.7. The number of pyridine rings is 1. The average molecular weight is 311 g/mol. The van der Waals surface area contributed by atoms with Crippen molar-refractivity contribution in [3.63, 3.8) is 0 Å². The molecule has 0 aliphatic carbocycles. The maximum absolute atomic E-state index is 11.7. The second-order valence-corrected chi connectivity index (χ2v) is 5.36. The summed E-state index contributed by atoms with van der Waals surface area (Å²) in [5.41, 5.74) is 1.88. The number of nitrogens with one attached hydrogen (secondary N) is 1. The zero-order valence-corrected chi connectivity index (χ0v) is 12.4. The molecule has 3 aromatic rings. The third-order valence-corrected chi connectivity index (χ3v) is 3.71. The number of carbonyl (C=O) groups is 1. The summed E-state index contributed by atoms with van der Waals surface area (Å²) in [4.78, 5) is 20.2. The van der Waals surface area contributed by atoms with Crippen molar-refractivity contribution < 1.29 is 9.53 Å². The molecule has 1 amide bonds. The molecule has 0 bridgehead atoms. The number of hydrogen-bond donors (Lipinski definition) is 1. The van der Waals surface area contributed by atoms with Crippen molar-refractivity contribution in [2.75, 3.05) is 0 Å². The fourth-order valence-corrected chi connectivity index (χ4v) is 2.57. The van der Waals surface area contributed by atoms with Crippen LogP contribution in [0.15, 0.2) is 60.2 Å². The van der Waals surface area contributed by atoms with Gasteiger partial charge in [0.05, 0.1) is 12.2 Å². The Morgan fingerprint density at radius 3 is 2.68 bits per heavy atom. The van der Waals surface area contributed by atoms with E-state index < -0.39 is 6.09 Å². The Morgan fingerprint density at radius 2 is 1.91 bits per heavy atom. The maximum Gasteiger partial charge on any atom is 0.412 e. The minimum absolute atomic E-state index is 0.335. The molecule has 0 atom stereocenters. The predicted octanol–water partition coefficient (Wildman–Crippen LogP) is 3.49. The highest BCUT2D eigenvalue weighted by Crippen LogP contribution is 2.20. The van der Waals surface area contributed by atoms with E-state index in [2.05, 4.69) is 15.3 Å². The summed E-state index contributed by atoms with van der Waals surface area (Å²) in [5, 5.41) is 5.46. The van der Waals surface area contributed by atoms with Crippen molar-refractivity contribution in [1.82, 2.24) is 15.3 Å². The highest BCUT2D eigenvalue weighted by molar-refractivity contribution is 7.09. The normalized spacial score (nSPS) is 10.2. The largest absolute Gasteiger partial charge is 0.412 e. The van der Waals surface area contributed by atoms with Crippen LogP contribution in [0, 0.1) is 0 Å². The van der Waals surface area contributed by atoms with E-state index in [9.17, 15) is 4.79 Å². The molecule has 1 aromatic carbocycles. The van der Waals surface area contributed by atoms with Gasteiger partial charge in [-0.3, -0.25) is 4.98 Å². The van der Waals surface area contributed by atoms with Crippen LogP contribution in [0.2, 0.25) is 0 Å². The Morgan fingerprint density at radius 1 is 1.14 bits per heavy atom. The first-order valence-corrected chi connectivity index (χ1v) is 7.55. The van der Waals surface area contributed by atoms with E-state index in [-0.39, 0.29) is 0 Å². The molecule has 2 aromatic heterocycles. The molecule has 110 valence electrons. The molecule has 0 aliphatic rings. The standard InChI is InChI=1S/C16H13N3O2S/c20-16(21-13-4-2-1-3-5-13)18-10-15-19-14(11-22-15)12-6-8-17-9-7-12/h1-9,11H,10H2,(H,18,20). The zero-order valence-electron chi connectivity index (χ0n) is 11.6. The van der Waals surface area contributed by atoms with Crippen LogP contribution in [-0.4, -0.2) is 16.1 Å². The number of para-hydroxylation sites is 1. The summed E-state index contributed by atoms with van der Waals surface area (Å²) in [7, 11) is 0. The molecule has 3 rings (SSSR count). The van der Waals surface area contributed by atoms with Crippen LogP contribution in [0.5, 0.6) is 5.75 Å². The van der Waals surface area contributed by atoms with Crippen molar-refractivity contribution in [2.45, 2.75) is 6.54 Å². The SMILES string of the molecule is O=C(NCc1nc(-c2ccncc2)cs1)Oc1ccccc1. The van der Waals surface area contributed by atoms with Gasteiger partial charge in [-0.1, -0.05) is 18.2 Å². The molecule has 2 heterocycles. The number of ether oxygens (including phenoxy) is 1. The minimum atomic E-state index is -0.494. The molecule has 0 radical (unpaired) electrons. The van der Waals surface area contributed by atoms with Gasteiger partial charge in [0.25, 0.3) is 0 Å². The highest BCUT2D eigenvalue weighted by Gasteiger charge is 2.07. The maximum atomic E-state index is 11.7. The summed E-state index contributed by atoms with van der Waals surface area (Å²) in [6.07, 6.45) is 2.96. The predicted molar refractivity (Wildman–Crippen MR) is 84.7 cm³/mol. The Hall–Kier alpha value is -2.73. The number of amides is 1.